The van der Waals surface area contributed by atoms with Crippen LogP contribution in [0, 0.1) is 13.8 Å². The number of benzene rings is 2. The van der Waals surface area contributed by atoms with E-state index in [1.165, 1.54) is 16.7 Å². The SMILES string of the molecule is CCNC(=NCc1ccc(C(=O)NC)cc1)N1CCOC(c2ccc(C)cc2C)C1.I. The van der Waals surface area contributed by atoms with E-state index in [0.29, 0.717) is 18.7 Å². The van der Waals surface area contributed by atoms with E-state index in [1.807, 2.05) is 24.3 Å². The van der Waals surface area contributed by atoms with Gasteiger partial charge in [-0.15, -0.1) is 24.0 Å². The molecule has 6 nitrogen and oxygen atoms in total. The van der Waals surface area contributed by atoms with Crippen molar-refractivity contribution in [1.29, 1.82) is 0 Å². The highest BCUT2D eigenvalue weighted by molar-refractivity contribution is 14.0. The van der Waals surface area contributed by atoms with E-state index in [-0.39, 0.29) is 36.0 Å². The van der Waals surface area contributed by atoms with Crippen LogP contribution in [0.1, 0.15) is 45.6 Å². The molecule has 0 saturated carbocycles. The van der Waals surface area contributed by atoms with Crippen LogP contribution in [0.25, 0.3) is 0 Å². The Balaban J connectivity index is 0.00000341. The second kappa shape index (κ2) is 12.0. The summed E-state index contributed by atoms with van der Waals surface area (Å²) in [6.45, 7) is 9.95. The third kappa shape index (κ3) is 6.67. The minimum absolute atomic E-state index is 0. The van der Waals surface area contributed by atoms with Gasteiger partial charge in [-0.05, 0) is 49.6 Å². The maximum absolute atomic E-state index is 11.7. The lowest BCUT2D eigenvalue weighted by atomic mass is 10.00. The molecule has 0 bridgehead atoms. The molecule has 1 aliphatic heterocycles. The molecule has 3 rings (SSSR count). The molecule has 0 spiro atoms. The van der Waals surface area contributed by atoms with E-state index in [1.54, 1.807) is 7.05 Å². The second-order valence-corrected chi connectivity index (χ2v) is 7.61. The van der Waals surface area contributed by atoms with Gasteiger partial charge in [0.2, 0.25) is 0 Å². The predicted molar refractivity (Wildman–Crippen MR) is 136 cm³/mol. The van der Waals surface area contributed by atoms with E-state index in [2.05, 4.69) is 54.5 Å². The fraction of sp³-hybridized carbons (Fsp3) is 0.417. The van der Waals surface area contributed by atoms with Crippen LogP contribution in [0.2, 0.25) is 0 Å². The van der Waals surface area contributed by atoms with E-state index < -0.39 is 0 Å². The van der Waals surface area contributed by atoms with Crippen LogP contribution >= 0.6 is 24.0 Å². The van der Waals surface area contributed by atoms with Crippen molar-refractivity contribution in [3.63, 3.8) is 0 Å². The molecule has 0 aliphatic carbocycles. The number of rotatable bonds is 5. The van der Waals surface area contributed by atoms with Gasteiger partial charge in [0.25, 0.3) is 5.91 Å². The number of halogens is 1. The quantitative estimate of drug-likeness (QED) is 0.347. The van der Waals surface area contributed by atoms with E-state index >= 15 is 0 Å². The Morgan fingerprint density at radius 1 is 1.19 bits per heavy atom. The van der Waals surface area contributed by atoms with Gasteiger partial charge in [0, 0.05) is 25.7 Å². The van der Waals surface area contributed by atoms with Crippen LogP contribution in [0.5, 0.6) is 0 Å². The number of carbonyl (C=O) groups is 1. The van der Waals surface area contributed by atoms with Gasteiger partial charge in [-0.2, -0.15) is 0 Å². The van der Waals surface area contributed by atoms with Crippen LogP contribution in [0.3, 0.4) is 0 Å². The summed E-state index contributed by atoms with van der Waals surface area (Å²) in [6.07, 6.45) is 0.0371. The first-order valence-electron chi connectivity index (χ1n) is 10.5. The summed E-state index contributed by atoms with van der Waals surface area (Å²) in [4.78, 5) is 18.8. The number of aryl methyl sites for hydroxylation is 2. The van der Waals surface area contributed by atoms with Crippen LogP contribution in [-0.4, -0.2) is 50.1 Å². The van der Waals surface area contributed by atoms with Gasteiger partial charge >= 0.3 is 0 Å². The number of ether oxygens (including phenoxy) is 1. The summed E-state index contributed by atoms with van der Waals surface area (Å²) >= 11 is 0. The standard InChI is InChI=1S/C24H32N4O2.HI/c1-5-26-24(27-15-19-7-9-20(10-8-19)23(29)25-4)28-12-13-30-22(16-28)21-11-6-17(2)14-18(21)3;/h6-11,14,22H,5,12-13,15-16H2,1-4H3,(H,25,29)(H,26,27);1H. The normalized spacial score (nSPS) is 16.5. The number of amides is 1. The van der Waals surface area contributed by atoms with E-state index in [0.717, 1.165) is 31.2 Å². The van der Waals surface area contributed by atoms with E-state index in [9.17, 15) is 4.79 Å². The van der Waals surface area contributed by atoms with Gasteiger partial charge < -0.3 is 20.3 Å². The van der Waals surface area contributed by atoms with Crippen molar-refractivity contribution in [1.82, 2.24) is 15.5 Å². The van der Waals surface area contributed by atoms with Gasteiger partial charge in [0.05, 0.1) is 19.7 Å². The zero-order valence-electron chi connectivity index (χ0n) is 18.8. The van der Waals surface area contributed by atoms with Crippen LogP contribution in [-0.2, 0) is 11.3 Å². The minimum atomic E-state index is -0.0795. The molecule has 0 aromatic heterocycles. The number of morpholine rings is 1. The Labute approximate surface area is 202 Å². The van der Waals surface area contributed by atoms with Crippen LogP contribution in [0.4, 0.5) is 0 Å². The lowest BCUT2D eigenvalue weighted by Crippen LogP contribution is -2.48. The zero-order chi connectivity index (χ0) is 21.5. The Bertz CT molecular complexity index is 899. The van der Waals surface area contributed by atoms with Gasteiger partial charge in [-0.1, -0.05) is 35.9 Å². The van der Waals surface area contributed by atoms with E-state index in [4.69, 9.17) is 9.73 Å². The van der Waals surface area contributed by atoms with Gasteiger partial charge in [-0.3, -0.25) is 4.79 Å². The molecule has 7 heteroatoms. The summed E-state index contributed by atoms with van der Waals surface area (Å²) in [6, 6.07) is 14.1. The Hall–Kier alpha value is -2.13. The first-order chi connectivity index (χ1) is 14.5. The zero-order valence-corrected chi connectivity index (χ0v) is 21.1. The molecular formula is C24H33IN4O2. The maximum atomic E-state index is 11.7. The Morgan fingerprint density at radius 2 is 1.94 bits per heavy atom. The molecule has 1 unspecified atom stereocenters. The molecule has 2 aromatic rings. The topological polar surface area (TPSA) is 66.0 Å². The van der Waals surface area contributed by atoms with Crippen molar-refractivity contribution in [2.24, 2.45) is 4.99 Å². The maximum Gasteiger partial charge on any atom is 0.251 e. The minimum Gasteiger partial charge on any atom is -0.370 e. The molecule has 1 heterocycles. The smallest absolute Gasteiger partial charge is 0.251 e. The molecule has 31 heavy (non-hydrogen) atoms. The first kappa shape index (κ1) is 25.1. The summed E-state index contributed by atoms with van der Waals surface area (Å²) in [7, 11) is 1.64. The van der Waals surface area contributed by atoms with Crippen molar-refractivity contribution >= 4 is 35.8 Å². The molecular weight excluding hydrogens is 503 g/mol. The number of hydrogen-bond donors (Lipinski definition) is 2. The summed E-state index contributed by atoms with van der Waals surface area (Å²) in [5.41, 5.74) is 5.49. The summed E-state index contributed by atoms with van der Waals surface area (Å²) in [5, 5.41) is 6.05. The second-order valence-electron chi connectivity index (χ2n) is 7.61. The Kier molecular flexibility index (Phi) is 9.77. The van der Waals surface area contributed by atoms with Crippen molar-refractivity contribution in [3.8, 4) is 0 Å². The molecule has 1 atom stereocenters. The summed E-state index contributed by atoms with van der Waals surface area (Å²) < 4.78 is 6.09. The number of nitrogens with zero attached hydrogens (tertiary/aromatic N) is 2. The van der Waals surface area contributed by atoms with Crippen LogP contribution in [0.15, 0.2) is 47.5 Å². The molecule has 1 aliphatic rings. The van der Waals surface area contributed by atoms with Crippen LogP contribution < -0.4 is 10.6 Å². The third-order valence-corrected chi connectivity index (χ3v) is 5.33. The van der Waals surface area contributed by atoms with Gasteiger partial charge in [0.15, 0.2) is 5.96 Å². The average molecular weight is 536 g/mol. The van der Waals surface area contributed by atoms with Crippen molar-refractivity contribution < 1.29 is 9.53 Å². The molecule has 168 valence electrons. The number of aliphatic imine (C=N–C) groups is 1. The van der Waals surface area contributed by atoms with Crippen molar-refractivity contribution in [3.05, 3.63) is 70.3 Å². The highest BCUT2D eigenvalue weighted by Crippen LogP contribution is 2.26. The Morgan fingerprint density at radius 3 is 2.58 bits per heavy atom. The molecule has 1 fully saturated rings. The highest BCUT2D eigenvalue weighted by Gasteiger charge is 2.25. The fourth-order valence-electron chi connectivity index (χ4n) is 3.71. The van der Waals surface area contributed by atoms with Gasteiger partial charge in [-0.25, -0.2) is 4.99 Å². The molecule has 2 N–H and O–H groups in total. The van der Waals surface area contributed by atoms with Crippen molar-refractivity contribution in [2.45, 2.75) is 33.4 Å². The van der Waals surface area contributed by atoms with Gasteiger partial charge in [0.1, 0.15) is 6.10 Å². The molecule has 2 aromatic carbocycles. The first-order valence-corrected chi connectivity index (χ1v) is 10.5. The largest absolute Gasteiger partial charge is 0.370 e. The summed E-state index contributed by atoms with van der Waals surface area (Å²) in [5.74, 6) is 0.815. The van der Waals surface area contributed by atoms with Crippen molar-refractivity contribution in [2.75, 3.05) is 33.3 Å². The molecule has 0 radical (unpaired) electrons. The fourth-order valence-corrected chi connectivity index (χ4v) is 3.71. The molecule has 1 saturated heterocycles. The average Bonchev–Trinajstić information content (AvgIpc) is 2.76. The number of hydrogen-bond acceptors (Lipinski definition) is 3. The monoisotopic (exact) mass is 536 g/mol. The highest BCUT2D eigenvalue weighted by atomic mass is 127. The number of carbonyl (C=O) groups excluding carboxylic acids is 1. The lowest BCUT2D eigenvalue weighted by Gasteiger charge is -2.36. The molecule has 1 amide bonds. The number of guanidine groups is 1. The lowest BCUT2D eigenvalue weighted by molar-refractivity contribution is -0.00834. The third-order valence-electron chi connectivity index (χ3n) is 5.33. The predicted octanol–water partition coefficient (Wildman–Crippen LogP) is 3.82. The number of nitrogens with one attached hydrogen (secondary N) is 2.